The van der Waals surface area contributed by atoms with E-state index in [0.29, 0.717) is 25.5 Å². The summed E-state index contributed by atoms with van der Waals surface area (Å²) in [5.74, 6) is 1.33. The van der Waals surface area contributed by atoms with E-state index in [1.54, 1.807) is 6.07 Å². The number of anilines is 1. The SMILES string of the molecule is O=C(CNCCCc1ccccc1)Nc1ccc2c(c1)OCCO2. The van der Waals surface area contributed by atoms with Gasteiger partial charge in [0.15, 0.2) is 11.5 Å². The molecule has 0 saturated carbocycles. The molecule has 126 valence electrons. The van der Waals surface area contributed by atoms with E-state index in [0.717, 1.165) is 30.8 Å². The van der Waals surface area contributed by atoms with Gasteiger partial charge in [0, 0.05) is 11.8 Å². The molecular weight excluding hydrogens is 304 g/mol. The highest BCUT2D eigenvalue weighted by Crippen LogP contribution is 2.32. The zero-order valence-electron chi connectivity index (χ0n) is 13.6. The molecule has 24 heavy (non-hydrogen) atoms. The van der Waals surface area contributed by atoms with Crippen molar-refractivity contribution in [2.45, 2.75) is 12.8 Å². The fraction of sp³-hybridized carbons (Fsp3) is 0.316. The van der Waals surface area contributed by atoms with Gasteiger partial charge in [0.2, 0.25) is 5.91 Å². The van der Waals surface area contributed by atoms with E-state index in [4.69, 9.17) is 9.47 Å². The van der Waals surface area contributed by atoms with Crippen molar-refractivity contribution in [2.75, 3.05) is 31.6 Å². The molecular formula is C19H22N2O3. The average Bonchev–Trinajstić information content (AvgIpc) is 2.62. The van der Waals surface area contributed by atoms with E-state index in [1.807, 2.05) is 30.3 Å². The van der Waals surface area contributed by atoms with E-state index >= 15 is 0 Å². The van der Waals surface area contributed by atoms with Crippen LogP contribution in [0.1, 0.15) is 12.0 Å². The fourth-order valence-electron chi connectivity index (χ4n) is 2.59. The number of carbonyl (C=O) groups is 1. The van der Waals surface area contributed by atoms with Crippen molar-refractivity contribution >= 4 is 11.6 Å². The predicted octanol–water partition coefficient (Wildman–Crippen LogP) is 2.62. The zero-order chi connectivity index (χ0) is 16.6. The summed E-state index contributed by atoms with van der Waals surface area (Å²) in [6.45, 7) is 2.20. The third-order valence-corrected chi connectivity index (χ3v) is 3.77. The Kier molecular flexibility index (Phi) is 5.69. The number of nitrogens with one attached hydrogen (secondary N) is 2. The molecule has 0 fully saturated rings. The van der Waals surface area contributed by atoms with Crippen LogP contribution < -0.4 is 20.1 Å². The third-order valence-electron chi connectivity index (χ3n) is 3.77. The van der Waals surface area contributed by atoms with Gasteiger partial charge in [-0.1, -0.05) is 30.3 Å². The van der Waals surface area contributed by atoms with E-state index in [1.165, 1.54) is 5.56 Å². The molecule has 0 saturated heterocycles. The third kappa shape index (κ3) is 4.73. The Morgan fingerprint density at radius 2 is 1.79 bits per heavy atom. The highest BCUT2D eigenvalue weighted by Gasteiger charge is 2.12. The highest BCUT2D eigenvalue weighted by atomic mass is 16.6. The van der Waals surface area contributed by atoms with Gasteiger partial charge in [-0.15, -0.1) is 0 Å². The van der Waals surface area contributed by atoms with Gasteiger partial charge < -0.3 is 20.1 Å². The van der Waals surface area contributed by atoms with Gasteiger partial charge >= 0.3 is 0 Å². The quantitative estimate of drug-likeness (QED) is 0.768. The maximum absolute atomic E-state index is 12.0. The summed E-state index contributed by atoms with van der Waals surface area (Å²) < 4.78 is 11.0. The smallest absolute Gasteiger partial charge is 0.238 e. The maximum atomic E-state index is 12.0. The van der Waals surface area contributed by atoms with Crippen LogP contribution in [0.4, 0.5) is 5.69 Å². The molecule has 0 spiro atoms. The van der Waals surface area contributed by atoms with Crippen molar-refractivity contribution in [3.8, 4) is 11.5 Å². The lowest BCUT2D eigenvalue weighted by molar-refractivity contribution is -0.115. The number of hydrogen-bond acceptors (Lipinski definition) is 4. The number of rotatable bonds is 7. The van der Waals surface area contributed by atoms with Crippen LogP contribution in [0.15, 0.2) is 48.5 Å². The van der Waals surface area contributed by atoms with E-state index in [9.17, 15) is 4.79 Å². The summed E-state index contributed by atoms with van der Waals surface area (Å²) in [6.07, 6.45) is 2.01. The second-order valence-corrected chi connectivity index (χ2v) is 5.67. The van der Waals surface area contributed by atoms with Crippen molar-refractivity contribution in [1.82, 2.24) is 5.32 Å². The van der Waals surface area contributed by atoms with Crippen molar-refractivity contribution in [2.24, 2.45) is 0 Å². The van der Waals surface area contributed by atoms with Crippen molar-refractivity contribution in [3.05, 3.63) is 54.1 Å². The van der Waals surface area contributed by atoms with Crippen LogP contribution in [-0.4, -0.2) is 32.2 Å². The van der Waals surface area contributed by atoms with Crippen LogP contribution in [0.2, 0.25) is 0 Å². The molecule has 0 aliphatic carbocycles. The summed E-state index contributed by atoms with van der Waals surface area (Å²) in [5.41, 5.74) is 2.04. The molecule has 2 aromatic rings. The molecule has 1 amide bonds. The predicted molar refractivity (Wildman–Crippen MR) is 93.7 cm³/mol. The number of fused-ring (bicyclic) bond motifs is 1. The molecule has 0 aromatic heterocycles. The molecule has 0 unspecified atom stereocenters. The maximum Gasteiger partial charge on any atom is 0.238 e. The Morgan fingerprint density at radius 3 is 2.62 bits per heavy atom. The topological polar surface area (TPSA) is 59.6 Å². The first-order valence-electron chi connectivity index (χ1n) is 8.25. The van der Waals surface area contributed by atoms with Crippen LogP contribution in [0.5, 0.6) is 11.5 Å². The normalized spacial score (nSPS) is 12.7. The average molecular weight is 326 g/mol. The molecule has 2 aromatic carbocycles. The lowest BCUT2D eigenvalue weighted by atomic mass is 10.1. The van der Waals surface area contributed by atoms with E-state index in [-0.39, 0.29) is 5.91 Å². The Bertz CT molecular complexity index is 674. The van der Waals surface area contributed by atoms with Gasteiger partial charge in [-0.2, -0.15) is 0 Å². The summed E-state index contributed by atoms with van der Waals surface area (Å²) in [6, 6.07) is 15.8. The molecule has 1 aliphatic heterocycles. The first kappa shape index (κ1) is 16.3. The molecule has 5 heteroatoms. The first-order valence-corrected chi connectivity index (χ1v) is 8.25. The second-order valence-electron chi connectivity index (χ2n) is 5.67. The second kappa shape index (κ2) is 8.36. The van der Waals surface area contributed by atoms with Gasteiger partial charge in [0.25, 0.3) is 0 Å². The number of amides is 1. The number of carbonyl (C=O) groups excluding carboxylic acids is 1. The van der Waals surface area contributed by atoms with Gasteiger partial charge in [-0.3, -0.25) is 4.79 Å². The van der Waals surface area contributed by atoms with Crippen LogP contribution >= 0.6 is 0 Å². The molecule has 1 aliphatic rings. The van der Waals surface area contributed by atoms with E-state index in [2.05, 4.69) is 22.8 Å². The minimum Gasteiger partial charge on any atom is -0.486 e. The van der Waals surface area contributed by atoms with Crippen LogP contribution in [-0.2, 0) is 11.2 Å². The summed E-state index contributed by atoms with van der Waals surface area (Å²) >= 11 is 0. The van der Waals surface area contributed by atoms with Crippen molar-refractivity contribution < 1.29 is 14.3 Å². The zero-order valence-corrected chi connectivity index (χ0v) is 13.6. The van der Waals surface area contributed by atoms with Gasteiger partial charge in [-0.05, 0) is 37.1 Å². The van der Waals surface area contributed by atoms with Gasteiger partial charge in [0.1, 0.15) is 13.2 Å². The molecule has 2 N–H and O–H groups in total. The lowest BCUT2D eigenvalue weighted by Gasteiger charge is -2.19. The van der Waals surface area contributed by atoms with Crippen molar-refractivity contribution in [1.29, 1.82) is 0 Å². The largest absolute Gasteiger partial charge is 0.486 e. The highest BCUT2D eigenvalue weighted by molar-refractivity contribution is 5.92. The van der Waals surface area contributed by atoms with Gasteiger partial charge in [0.05, 0.1) is 6.54 Å². The minimum atomic E-state index is -0.0635. The Labute approximate surface area is 142 Å². The van der Waals surface area contributed by atoms with Gasteiger partial charge in [-0.25, -0.2) is 0 Å². The molecule has 0 bridgehead atoms. The number of aryl methyl sites for hydroxylation is 1. The molecule has 1 heterocycles. The molecule has 0 radical (unpaired) electrons. The molecule has 3 rings (SSSR count). The summed E-state index contributed by atoms with van der Waals surface area (Å²) in [5, 5.41) is 6.03. The number of benzene rings is 2. The van der Waals surface area contributed by atoms with E-state index < -0.39 is 0 Å². The molecule has 5 nitrogen and oxygen atoms in total. The standard InChI is InChI=1S/C19H22N2O3/c22-19(14-20-10-4-7-15-5-2-1-3-6-15)21-16-8-9-17-18(13-16)24-12-11-23-17/h1-3,5-6,8-9,13,20H,4,7,10-12,14H2,(H,21,22). The minimum absolute atomic E-state index is 0.0635. The molecule has 0 atom stereocenters. The summed E-state index contributed by atoms with van der Waals surface area (Å²) in [4.78, 5) is 12.0. The Hall–Kier alpha value is -2.53. The Morgan fingerprint density at radius 1 is 1.00 bits per heavy atom. The monoisotopic (exact) mass is 326 g/mol. The summed E-state index contributed by atoms with van der Waals surface area (Å²) in [7, 11) is 0. The van der Waals surface area contributed by atoms with Crippen LogP contribution in [0.3, 0.4) is 0 Å². The number of ether oxygens (including phenoxy) is 2. The fourth-order valence-corrected chi connectivity index (χ4v) is 2.59. The lowest BCUT2D eigenvalue weighted by Crippen LogP contribution is -2.29. The first-order chi connectivity index (χ1) is 11.8. The van der Waals surface area contributed by atoms with Crippen LogP contribution in [0.25, 0.3) is 0 Å². The van der Waals surface area contributed by atoms with Crippen LogP contribution in [0, 0.1) is 0 Å². The number of hydrogen-bond donors (Lipinski definition) is 2. The van der Waals surface area contributed by atoms with Crippen molar-refractivity contribution in [3.63, 3.8) is 0 Å². The Balaban J connectivity index is 1.37.